The molecular weight excluding hydrogens is 394 g/mol. The Morgan fingerprint density at radius 3 is 2.94 bits per heavy atom. The van der Waals surface area contributed by atoms with E-state index < -0.39 is 0 Å². The molecule has 9 heteroatoms. The van der Waals surface area contributed by atoms with E-state index in [1.165, 1.54) is 11.1 Å². The molecule has 0 unspecified atom stereocenters. The first-order valence-corrected chi connectivity index (χ1v) is 10.3. The number of aromatic nitrogens is 5. The maximum atomic E-state index is 12.9. The molecule has 4 heterocycles. The zero-order valence-electron chi connectivity index (χ0n) is 17.4. The molecule has 158 valence electrons. The monoisotopic (exact) mass is 417 g/mol. The van der Waals surface area contributed by atoms with Gasteiger partial charge in [0.05, 0.1) is 7.11 Å². The quantitative estimate of drug-likeness (QED) is 0.514. The molecule has 0 bridgehead atoms. The number of nitrogens with zero attached hydrogens (tertiary/aromatic N) is 5. The minimum absolute atomic E-state index is 0.159. The van der Waals surface area contributed by atoms with Crippen molar-refractivity contribution in [2.75, 3.05) is 19.0 Å². The average Bonchev–Trinajstić information content (AvgIpc) is 3.10. The van der Waals surface area contributed by atoms with E-state index in [1.54, 1.807) is 28.7 Å². The lowest BCUT2D eigenvalue weighted by atomic mass is 10.0. The fourth-order valence-electron chi connectivity index (χ4n) is 3.93. The van der Waals surface area contributed by atoms with Gasteiger partial charge < -0.3 is 15.4 Å². The van der Waals surface area contributed by atoms with Crippen LogP contribution in [0.15, 0.2) is 47.4 Å². The molecule has 3 aromatic heterocycles. The highest BCUT2D eigenvalue weighted by Gasteiger charge is 2.18. The standard InChI is InChI=1S/C22H23N7O2/c1-3-28-21(30)17-13-24-22(25-16-8-7-14-9-10-23-12-15(14)11-16)27-20(17)29(28)18-5-4-6-19(26-18)31-2/h4-8,11,13,23H,3,9-10,12H2,1-2H3,(H,24,25,27). The highest BCUT2D eigenvalue weighted by atomic mass is 16.5. The van der Waals surface area contributed by atoms with Gasteiger partial charge in [0.15, 0.2) is 11.5 Å². The number of anilines is 2. The fraction of sp³-hybridized carbons (Fsp3) is 0.273. The van der Waals surface area contributed by atoms with Gasteiger partial charge in [-0.1, -0.05) is 12.1 Å². The van der Waals surface area contributed by atoms with Crippen LogP contribution in [0.25, 0.3) is 16.9 Å². The van der Waals surface area contributed by atoms with Crippen LogP contribution in [0.3, 0.4) is 0 Å². The van der Waals surface area contributed by atoms with Crippen molar-refractivity contribution in [2.24, 2.45) is 0 Å². The SMILES string of the molecule is CCn1c(=O)c2cnc(Nc3ccc4c(c3)CNCC4)nc2n1-c1cccc(OC)n1. The van der Waals surface area contributed by atoms with Crippen LogP contribution >= 0.6 is 0 Å². The highest BCUT2D eigenvalue weighted by molar-refractivity contribution is 5.77. The van der Waals surface area contributed by atoms with Gasteiger partial charge in [-0.3, -0.25) is 4.79 Å². The van der Waals surface area contributed by atoms with E-state index in [9.17, 15) is 4.79 Å². The molecule has 0 atom stereocenters. The normalized spacial score (nSPS) is 13.2. The first-order valence-electron chi connectivity index (χ1n) is 10.3. The van der Waals surface area contributed by atoms with Crippen molar-refractivity contribution in [3.8, 4) is 11.7 Å². The Bertz CT molecular complexity index is 1330. The van der Waals surface area contributed by atoms with Crippen LogP contribution in [0, 0.1) is 0 Å². The van der Waals surface area contributed by atoms with Crippen molar-refractivity contribution in [3.05, 3.63) is 64.1 Å². The number of nitrogens with one attached hydrogen (secondary N) is 2. The van der Waals surface area contributed by atoms with Crippen LogP contribution in [0.2, 0.25) is 0 Å². The predicted molar refractivity (Wildman–Crippen MR) is 118 cm³/mol. The van der Waals surface area contributed by atoms with Gasteiger partial charge in [-0.05, 0) is 49.2 Å². The Labute approximate surface area is 178 Å². The Morgan fingerprint density at radius 1 is 1.19 bits per heavy atom. The summed E-state index contributed by atoms with van der Waals surface area (Å²) in [5.41, 5.74) is 3.87. The maximum Gasteiger partial charge on any atom is 0.278 e. The Hall–Kier alpha value is -3.72. The summed E-state index contributed by atoms with van der Waals surface area (Å²) in [5.74, 6) is 1.43. The van der Waals surface area contributed by atoms with Crippen molar-refractivity contribution in [1.29, 1.82) is 0 Å². The van der Waals surface area contributed by atoms with Gasteiger partial charge >= 0.3 is 0 Å². The molecule has 2 N–H and O–H groups in total. The second-order valence-electron chi connectivity index (χ2n) is 7.34. The lowest BCUT2D eigenvalue weighted by Gasteiger charge is -2.18. The first-order chi connectivity index (χ1) is 15.2. The van der Waals surface area contributed by atoms with E-state index in [-0.39, 0.29) is 5.56 Å². The highest BCUT2D eigenvalue weighted by Crippen LogP contribution is 2.22. The summed E-state index contributed by atoms with van der Waals surface area (Å²) in [6.45, 7) is 4.23. The molecule has 0 saturated heterocycles. The van der Waals surface area contributed by atoms with Gasteiger partial charge in [-0.25, -0.2) is 14.3 Å². The van der Waals surface area contributed by atoms with Gasteiger partial charge in [0, 0.05) is 31.0 Å². The summed E-state index contributed by atoms with van der Waals surface area (Å²) in [7, 11) is 1.56. The van der Waals surface area contributed by atoms with Crippen molar-refractivity contribution in [3.63, 3.8) is 0 Å². The molecule has 1 aliphatic heterocycles. The number of rotatable bonds is 5. The van der Waals surface area contributed by atoms with E-state index >= 15 is 0 Å². The summed E-state index contributed by atoms with van der Waals surface area (Å²) >= 11 is 0. The van der Waals surface area contributed by atoms with E-state index in [1.807, 2.05) is 25.1 Å². The van der Waals surface area contributed by atoms with Crippen LogP contribution in [0.1, 0.15) is 18.1 Å². The van der Waals surface area contributed by atoms with Crippen molar-refractivity contribution >= 4 is 22.7 Å². The molecule has 0 saturated carbocycles. The molecular formula is C22H23N7O2. The number of hydrogen-bond donors (Lipinski definition) is 2. The smallest absolute Gasteiger partial charge is 0.278 e. The molecule has 4 aromatic rings. The lowest BCUT2D eigenvalue weighted by molar-refractivity contribution is 0.396. The Kier molecular flexibility index (Phi) is 4.87. The molecule has 0 spiro atoms. The summed E-state index contributed by atoms with van der Waals surface area (Å²) in [5, 5.41) is 7.10. The maximum absolute atomic E-state index is 12.9. The molecule has 0 radical (unpaired) electrons. The van der Waals surface area contributed by atoms with Crippen LogP contribution in [-0.4, -0.2) is 38.0 Å². The summed E-state index contributed by atoms with van der Waals surface area (Å²) < 4.78 is 8.56. The zero-order chi connectivity index (χ0) is 21.4. The van der Waals surface area contributed by atoms with Gasteiger partial charge in [-0.15, -0.1) is 0 Å². The Morgan fingerprint density at radius 2 is 2.10 bits per heavy atom. The number of pyridine rings is 1. The third-order valence-electron chi connectivity index (χ3n) is 5.46. The molecule has 31 heavy (non-hydrogen) atoms. The third kappa shape index (κ3) is 3.42. The van der Waals surface area contributed by atoms with E-state index in [0.29, 0.717) is 35.2 Å². The van der Waals surface area contributed by atoms with Crippen molar-refractivity contribution in [1.82, 2.24) is 29.6 Å². The summed E-state index contributed by atoms with van der Waals surface area (Å²) in [6, 6.07) is 11.7. The third-order valence-corrected chi connectivity index (χ3v) is 5.46. The number of benzene rings is 1. The minimum atomic E-state index is -0.159. The number of hydrogen-bond acceptors (Lipinski definition) is 7. The summed E-state index contributed by atoms with van der Waals surface area (Å²) in [4.78, 5) is 26.5. The Balaban J connectivity index is 1.59. The second-order valence-corrected chi connectivity index (χ2v) is 7.34. The lowest BCUT2D eigenvalue weighted by Crippen LogP contribution is -2.23. The number of ether oxygens (including phenoxy) is 1. The van der Waals surface area contributed by atoms with Gasteiger partial charge in [0.1, 0.15) is 5.39 Å². The number of methoxy groups -OCH3 is 1. The number of fused-ring (bicyclic) bond motifs is 2. The van der Waals surface area contributed by atoms with E-state index in [4.69, 9.17) is 4.74 Å². The first kappa shape index (κ1) is 19.3. The van der Waals surface area contributed by atoms with Crippen LogP contribution in [-0.2, 0) is 19.5 Å². The van der Waals surface area contributed by atoms with Crippen LogP contribution < -0.4 is 20.9 Å². The van der Waals surface area contributed by atoms with E-state index in [0.717, 1.165) is 25.2 Å². The van der Waals surface area contributed by atoms with Crippen molar-refractivity contribution < 1.29 is 4.74 Å². The van der Waals surface area contributed by atoms with E-state index in [2.05, 4.69) is 37.7 Å². The zero-order valence-corrected chi connectivity index (χ0v) is 17.4. The van der Waals surface area contributed by atoms with Gasteiger partial charge in [0.25, 0.3) is 5.56 Å². The fourth-order valence-corrected chi connectivity index (χ4v) is 3.93. The van der Waals surface area contributed by atoms with Gasteiger partial charge in [-0.2, -0.15) is 9.97 Å². The average molecular weight is 417 g/mol. The summed E-state index contributed by atoms with van der Waals surface area (Å²) in [6.07, 6.45) is 2.60. The topological polar surface area (TPSA) is 98.9 Å². The molecule has 1 aliphatic rings. The van der Waals surface area contributed by atoms with Crippen LogP contribution in [0.4, 0.5) is 11.6 Å². The molecule has 0 aliphatic carbocycles. The molecule has 5 rings (SSSR count). The largest absolute Gasteiger partial charge is 0.481 e. The predicted octanol–water partition coefficient (Wildman–Crippen LogP) is 2.40. The molecule has 0 amide bonds. The molecule has 9 nitrogen and oxygen atoms in total. The molecule has 1 aromatic carbocycles. The molecule has 0 fully saturated rings. The second kappa shape index (κ2) is 7.84. The van der Waals surface area contributed by atoms with Crippen molar-refractivity contribution in [2.45, 2.75) is 26.4 Å². The van der Waals surface area contributed by atoms with Gasteiger partial charge in [0.2, 0.25) is 11.8 Å². The minimum Gasteiger partial charge on any atom is -0.481 e. The van der Waals surface area contributed by atoms with Crippen LogP contribution in [0.5, 0.6) is 5.88 Å².